The number of rotatable bonds is 1. The first kappa shape index (κ1) is 12.4. The third-order valence-corrected chi connectivity index (χ3v) is 4.56. The molecule has 0 saturated heterocycles. The molecular weight excluding hydrogens is 256 g/mol. The summed E-state index contributed by atoms with van der Waals surface area (Å²) in [6, 6.07) is 6.81. The molecule has 1 aromatic rings. The Balaban J connectivity index is 1.80. The summed E-state index contributed by atoms with van der Waals surface area (Å²) >= 11 is 0. The molecule has 104 valence electrons. The molecule has 2 atom stereocenters. The Labute approximate surface area is 125 Å². The summed E-state index contributed by atoms with van der Waals surface area (Å²) in [5, 5.41) is 0. The molecule has 2 heteroatoms. The van der Waals surface area contributed by atoms with Crippen molar-refractivity contribution in [3.63, 3.8) is 0 Å². The van der Waals surface area contributed by atoms with Gasteiger partial charge in [-0.05, 0) is 30.2 Å². The van der Waals surface area contributed by atoms with Gasteiger partial charge < -0.3 is 4.90 Å². The first-order valence-corrected chi connectivity index (χ1v) is 7.44. The third-order valence-electron chi connectivity index (χ3n) is 4.56. The number of aromatic nitrogens is 1. The Hall–Kier alpha value is -2.35. The Morgan fingerprint density at radius 3 is 2.95 bits per heavy atom. The fraction of sp³-hybridized carbons (Fsp3) is 0.211. The zero-order valence-electron chi connectivity index (χ0n) is 12.4. The lowest BCUT2D eigenvalue weighted by molar-refractivity contribution is -0.673. The Bertz CT molecular complexity index is 747. The van der Waals surface area contributed by atoms with Crippen molar-refractivity contribution in [3.05, 3.63) is 84.0 Å². The normalized spacial score (nSPS) is 26.0. The molecule has 2 nitrogen and oxygen atoms in total. The van der Waals surface area contributed by atoms with Gasteiger partial charge >= 0.3 is 0 Å². The van der Waals surface area contributed by atoms with Gasteiger partial charge in [-0.3, -0.25) is 0 Å². The third kappa shape index (κ3) is 1.90. The van der Waals surface area contributed by atoms with Crippen molar-refractivity contribution >= 4 is 5.57 Å². The monoisotopic (exact) mass is 275 g/mol. The second-order valence-corrected chi connectivity index (χ2v) is 5.92. The summed E-state index contributed by atoms with van der Waals surface area (Å²) in [6.45, 7) is 2.21. The lowest BCUT2D eigenvalue weighted by atomic mass is 9.83. The van der Waals surface area contributed by atoms with Crippen LogP contribution >= 0.6 is 0 Å². The Kier molecular flexibility index (Phi) is 2.71. The van der Waals surface area contributed by atoms with Crippen LogP contribution in [0.5, 0.6) is 0 Å². The van der Waals surface area contributed by atoms with E-state index in [4.69, 9.17) is 0 Å². The van der Waals surface area contributed by atoms with Gasteiger partial charge in [-0.25, -0.2) is 4.57 Å². The van der Waals surface area contributed by atoms with E-state index in [9.17, 15) is 0 Å². The van der Waals surface area contributed by atoms with E-state index in [2.05, 4.69) is 90.6 Å². The molecule has 2 unspecified atom stereocenters. The Morgan fingerprint density at radius 2 is 2.10 bits per heavy atom. The molecule has 0 bridgehead atoms. The van der Waals surface area contributed by atoms with E-state index >= 15 is 0 Å². The van der Waals surface area contributed by atoms with Gasteiger partial charge in [0.2, 0.25) is 5.69 Å². The van der Waals surface area contributed by atoms with E-state index < -0.39 is 0 Å². The fourth-order valence-electron chi connectivity index (χ4n) is 3.47. The van der Waals surface area contributed by atoms with Gasteiger partial charge in [-0.2, -0.15) is 0 Å². The zero-order valence-corrected chi connectivity index (χ0v) is 12.4. The molecule has 0 spiro atoms. The van der Waals surface area contributed by atoms with Crippen LogP contribution in [0.2, 0.25) is 0 Å². The van der Waals surface area contributed by atoms with Crippen molar-refractivity contribution in [2.45, 2.75) is 13.0 Å². The van der Waals surface area contributed by atoms with Crippen LogP contribution in [0.15, 0.2) is 78.3 Å². The van der Waals surface area contributed by atoms with Gasteiger partial charge in [0.05, 0.1) is 6.04 Å². The summed E-state index contributed by atoms with van der Waals surface area (Å²) in [7, 11) is 2.11. The van der Waals surface area contributed by atoms with Crippen molar-refractivity contribution < 1.29 is 4.57 Å². The molecule has 1 aromatic heterocycles. The minimum absolute atomic E-state index is 0.429. The molecule has 4 rings (SSSR count). The van der Waals surface area contributed by atoms with Crippen molar-refractivity contribution in [1.29, 1.82) is 0 Å². The number of fused-ring (bicyclic) bond motifs is 3. The van der Waals surface area contributed by atoms with Crippen LogP contribution < -0.4 is 4.57 Å². The van der Waals surface area contributed by atoms with E-state index in [1.165, 1.54) is 22.4 Å². The highest BCUT2D eigenvalue weighted by molar-refractivity contribution is 5.79. The highest BCUT2D eigenvalue weighted by atomic mass is 15.1. The lowest BCUT2D eigenvalue weighted by Crippen LogP contribution is -2.33. The molecule has 0 amide bonds. The molecule has 0 fully saturated rings. The van der Waals surface area contributed by atoms with E-state index in [1.807, 2.05) is 0 Å². The van der Waals surface area contributed by atoms with Gasteiger partial charge in [0.1, 0.15) is 7.05 Å². The van der Waals surface area contributed by atoms with Crippen LogP contribution in [0.1, 0.15) is 12.6 Å². The van der Waals surface area contributed by atoms with E-state index in [-0.39, 0.29) is 0 Å². The summed E-state index contributed by atoms with van der Waals surface area (Å²) in [6.07, 6.45) is 17.9. The molecule has 0 radical (unpaired) electrons. The maximum Gasteiger partial charge on any atom is 0.212 e. The predicted octanol–water partition coefficient (Wildman–Crippen LogP) is 3.12. The number of nitrogens with zero attached hydrogens (tertiary/aromatic N) is 2. The molecule has 0 aromatic carbocycles. The molecule has 0 saturated carbocycles. The second-order valence-electron chi connectivity index (χ2n) is 5.92. The number of pyridine rings is 1. The van der Waals surface area contributed by atoms with Crippen molar-refractivity contribution in [2.24, 2.45) is 13.0 Å². The van der Waals surface area contributed by atoms with Crippen LogP contribution in [0.4, 0.5) is 0 Å². The van der Waals surface area contributed by atoms with Crippen LogP contribution in [-0.4, -0.2) is 10.9 Å². The van der Waals surface area contributed by atoms with Gasteiger partial charge in [0, 0.05) is 36.0 Å². The number of hydrogen-bond acceptors (Lipinski definition) is 1. The summed E-state index contributed by atoms with van der Waals surface area (Å²) in [4.78, 5) is 2.31. The molecule has 3 heterocycles. The summed E-state index contributed by atoms with van der Waals surface area (Å²) < 4.78 is 2.20. The van der Waals surface area contributed by atoms with E-state index in [1.54, 1.807) is 0 Å². The van der Waals surface area contributed by atoms with Gasteiger partial charge in [-0.15, -0.1) is 0 Å². The molecule has 0 N–H and O–H groups in total. The van der Waals surface area contributed by atoms with Crippen molar-refractivity contribution in [2.75, 3.05) is 0 Å². The number of hydrogen-bond donors (Lipinski definition) is 0. The van der Waals surface area contributed by atoms with Crippen LogP contribution in [-0.2, 0) is 7.05 Å². The van der Waals surface area contributed by atoms with Crippen LogP contribution in [0.3, 0.4) is 0 Å². The first-order valence-electron chi connectivity index (χ1n) is 7.44. The van der Waals surface area contributed by atoms with Gasteiger partial charge in [0.25, 0.3) is 0 Å². The van der Waals surface area contributed by atoms with E-state index in [0.29, 0.717) is 12.0 Å². The Morgan fingerprint density at radius 1 is 1.19 bits per heavy atom. The van der Waals surface area contributed by atoms with Gasteiger partial charge in [-0.1, -0.05) is 24.3 Å². The van der Waals surface area contributed by atoms with Crippen molar-refractivity contribution in [1.82, 2.24) is 4.90 Å². The predicted molar refractivity (Wildman–Crippen MR) is 84.8 cm³/mol. The van der Waals surface area contributed by atoms with Crippen LogP contribution in [0.25, 0.3) is 5.57 Å². The topological polar surface area (TPSA) is 7.12 Å². The quantitative estimate of drug-likeness (QED) is 0.714. The summed E-state index contributed by atoms with van der Waals surface area (Å²) in [5.74, 6) is 0.449. The van der Waals surface area contributed by atoms with E-state index in [0.717, 1.165) is 0 Å². The number of allylic oxidation sites excluding steroid dienone is 5. The maximum atomic E-state index is 2.44. The molecule has 21 heavy (non-hydrogen) atoms. The maximum absolute atomic E-state index is 2.44. The minimum atomic E-state index is 0.429. The smallest absolute Gasteiger partial charge is 0.212 e. The van der Waals surface area contributed by atoms with Crippen molar-refractivity contribution in [3.8, 4) is 0 Å². The second kappa shape index (κ2) is 4.59. The molecule has 1 aliphatic carbocycles. The lowest BCUT2D eigenvalue weighted by Gasteiger charge is -2.27. The fourth-order valence-corrected chi connectivity index (χ4v) is 3.47. The highest BCUT2D eigenvalue weighted by Gasteiger charge is 2.34. The molecular formula is C19H19N2+. The minimum Gasteiger partial charge on any atom is -0.346 e. The van der Waals surface area contributed by atoms with Gasteiger partial charge in [0.15, 0.2) is 6.20 Å². The number of aryl methyl sites for hydroxylation is 1. The average Bonchev–Trinajstić information content (AvgIpc) is 2.84. The zero-order chi connectivity index (χ0) is 14.4. The molecule has 3 aliphatic rings. The largest absolute Gasteiger partial charge is 0.346 e. The molecule has 2 aliphatic heterocycles. The average molecular weight is 275 g/mol. The standard InChI is InChI=1S/C19H19N2/c1-14-11-15-13-21-10-6-4-8-19(21)17(15)12-16(14)18-7-3-5-9-20(18)2/h3-13,17,19H,1-2H3/q+1. The highest BCUT2D eigenvalue weighted by Crippen LogP contribution is 2.40. The SMILES string of the molecule is CC1=CC2=CN3C=CC=CC3C2C=C1c1cccc[n+]1C. The van der Waals surface area contributed by atoms with Crippen LogP contribution in [0, 0.1) is 5.92 Å². The summed E-state index contributed by atoms with van der Waals surface area (Å²) in [5.41, 5.74) is 5.38. The first-order chi connectivity index (χ1) is 10.2.